The lowest BCUT2D eigenvalue weighted by Crippen LogP contribution is -2.40. The van der Waals surface area contributed by atoms with E-state index in [2.05, 4.69) is 10.3 Å². The third-order valence-electron chi connectivity index (χ3n) is 2.23. The summed E-state index contributed by atoms with van der Waals surface area (Å²) in [4.78, 5) is 26.5. The molecule has 0 aliphatic carbocycles. The van der Waals surface area contributed by atoms with Gasteiger partial charge in [0, 0.05) is 12.4 Å². The standard InChI is InChI=1S/C12H13ClN2O3/c1-2-3-4-10(12(17)18)15-11(16)8-5-6-14-7-9(8)13/h2-3,5-7,10H,4H2,1H3,(H,15,16)(H,17,18)/b3-2+. The van der Waals surface area contributed by atoms with Crippen LogP contribution in [0, 0.1) is 0 Å². The van der Waals surface area contributed by atoms with Gasteiger partial charge in [0.1, 0.15) is 6.04 Å². The number of hydrogen-bond acceptors (Lipinski definition) is 3. The maximum atomic E-state index is 11.8. The molecule has 0 fully saturated rings. The van der Waals surface area contributed by atoms with Gasteiger partial charge < -0.3 is 10.4 Å². The molecule has 1 atom stereocenters. The first-order valence-electron chi connectivity index (χ1n) is 5.30. The molecule has 0 saturated carbocycles. The molecule has 0 spiro atoms. The Labute approximate surface area is 109 Å². The van der Waals surface area contributed by atoms with Crippen molar-refractivity contribution < 1.29 is 14.7 Å². The number of carboxylic acid groups (broad SMARTS) is 1. The molecule has 0 aliphatic heterocycles. The van der Waals surface area contributed by atoms with Crippen LogP contribution in [0.25, 0.3) is 0 Å². The number of nitrogens with one attached hydrogen (secondary N) is 1. The summed E-state index contributed by atoms with van der Waals surface area (Å²) in [5, 5.41) is 11.6. The largest absolute Gasteiger partial charge is 0.480 e. The van der Waals surface area contributed by atoms with Crippen molar-refractivity contribution in [2.24, 2.45) is 0 Å². The molecule has 1 aromatic heterocycles. The van der Waals surface area contributed by atoms with Crippen LogP contribution in [-0.2, 0) is 4.79 Å². The second-order valence-electron chi connectivity index (χ2n) is 3.52. The maximum absolute atomic E-state index is 11.8. The van der Waals surface area contributed by atoms with E-state index >= 15 is 0 Å². The van der Waals surface area contributed by atoms with Crippen molar-refractivity contribution in [1.29, 1.82) is 0 Å². The van der Waals surface area contributed by atoms with E-state index in [1.54, 1.807) is 19.1 Å². The predicted octanol–water partition coefficient (Wildman–Crippen LogP) is 1.88. The van der Waals surface area contributed by atoms with Gasteiger partial charge in [-0.05, 0) is 19.4 Å². The summed E-state index contributed by atoms with van der Waals surface area (Å²) >= 11 is 5.80. The van der Waals surface area contributed by atoms with Crippen molar-refractivity contribution in [2.75, 3.05) is 0 Å². The van der Waals surface area contributed by atoms with Gasteiger partial charge in [-0.1, -0.05) is 23.8 Å². The molecule has 1 aromatic rings. The quantitative estimate of drug-likeness (QED) is 0.799. The van der Waals surface area contributed by atoms with Gasteiger partial charge in [0.15, 0.2) is 0 Å². The number of carbonyl (C=O) groups is 2. The first-order valence-corrected chi connectivity index (χ1v) is 5.68. The lowest BCUT2D eigenvalue weighted by atomic mass is 10.1. The van der Waals surface area contributed by atoms with Crippen LogP contribution < -0.4 is 5.32 Å². The van der Waals surface area contributed by atoms with Crippen molar-refractivity contribution >= 4 is 23.5 Å². The highest BCUT2D eigenvalue weighted by molar-refractivity contribution is 6.33. The molecular weight excluding hydrogens is 256 g/mol. The Morgan fingerprint density at radius 1 is 1.61 bits per heavy atom. The van der Waals surface area contributed by atoms with Crippen molar-refractivity contribution in [2.45, 2.75) is 19.4 Å². The van der Waals surface area contributed by atoms with E-state index in [4.69, 9.17) is 16.7 Å². The summed E-state index contributed by atoms with van der Waals surface area (Å²) in [5.41, 5.74) is 0.207. The lowest BCUT2D eigenvalue weighted by Gasteiger charge is -2.13. The van der Waals surface area contributed by atoms with E-state index in [1.807, 2.05) is 0 Å². The minimum atomic E-state index is -1.09. The fourth-order valence-electron chi connectivity index (χ4n) is 1.29. The molecule has 96 valence electrons. The Hall–Kier alpha value is -1.88. The van der Waals surface area contributed by atoms with Gasteiger partial charge in [-0.15, -0.1) is 0 Å². The number of pyridine rings is 1. The zero-order valence-corrected chi connectivity index (χ0v) is 10.5. The SMILES string of the molecule is C/C=C/CC(NC(=O)c1ccncc1Cl)C(=O)O. The Balaban J connectivity index is 2.79. The molecule has 1 heterocycles. The molecule has 0 radical (unpaired) electrons. The number of amides is 1. The summed E-state index contributed by atoms with van der Waals surface area (Å²) in [5.74, 6) is -1.62. The molecular formula is C12H13ClN2O3. The fourth-order valence-corrected chi connectivity index (χ4v) is 1.49. The van der Waals surface area contributed by atoms with Crippen molar-refractivity contribution in [3.05, 3.63) is 41.2 Å². The van der Waals surface area contributed by atoms with E-state index in [0.29, 0.717) is 0 Å². The monoisotopic (exact) mass is 268 g/mol. The Kier molecular flexibility index (Phi) is 5.32. The normalized spacial score (nSPS) is 12.3. The third-order valence-corrected chi connectivity index (χ3v) is 2.53. The molecule has 6 heteroatoms. The number of aliphatic carboxylic acids is 1. The maximum Gasteiger partial charge on any atom is 0.326 e. The zero-order chi connectivity index (χ0) is 13.5. The van der Waals surface area contributed by atoms with Gasteiger partial charge in [-0.25, -0.2) is 4.79 Å². The average molecular weight is 269 g/mol. The van der Waals surface area contributed by atoms with Gasteiger partial charge in [-0.3, -0.25) is 9.78 Å². The summed E-state index contributed by atoms with van der Waals surface area (Å²) in [6.45, 7) is 1.78. The molecule has 0 aromatic carbocycles. The first-order chi connectivity index (χ1) is 8.56. The van der Waals surface area contributed by atoms with Gasteiger partial charge in [0.25, 0.3) is 5.91 Å². The number of carboxylic acids is 1. The zero-order valence-electron chi connectivity index (χ0n) is 9.76. The van der Waals surface area contributed by atoms with Crippen LogP contribution in [0.3, 0.4) is 0 Å². The Bertz CT molecular complexity index is 474. The van der Waals surface area contributed by atoms with E-state index in [-0.39, 0.29) is 17.0 Å². The first kappa shape index (κ1) is 14.2. The summed E-state index contributed by atoms with van der Waals surface area (Å²) in [7, 11) is 0. The number of halogens is 1. The van der Waals surface area contributed by atoms with Crippen LogP contribution in [-0.4, -0.2) is 28.0 Å². The highest BCUT2D eigenvalue weighted by atomic mass is 35.5. The van der Waals surface area contributed by atoms with E-state index in [9.17, 15) is 9.59 Å². The number of nitrogens with zero attached hydrogens (tertiary/aromatic N) is 1. The van der Waals surface area contributed by atoms with Crippen LogP contribution in [0.2, 0.25) is 5.02 Å². The second-order valence-corrected chi connectivity index (χ2v) is 3.93. The van der Waals surface area contributed by atoms with Crippen LogP contribution in [0.5, 0.6) is 0 Å². The smallest absolute Gasteiger partial charge is 0.326 e. The van der Waals surface area contributed by atoms with Gasteiger partial charge >= 0.3 is 5.97 Å². The van der Waals surface area contributed by atoms with E-state index in [0.717, 1.165) is 0 Å². The molecule has 5 nitrogen and oxygen atoms in total. The lowest BCUT2D eigenvalue weighted by molar-refractivity contribution is -0.139. The molecule has 18 heavy (non-hydrogen) atoms. The minimum absolute atomic E-state index is 0.185. The van der Waals surface area contributed by atoms with Crippen molar-refractivity contribution in [3.8, 4) is 0 Å². The molecule has 2 N–H and O–H groups in total. The number of aromatic nitrogens is 1. The molecule has 0 saturated heterocycles. The highest BCUT2D eigenvalue weighted by Crippen LogP contribution is 2.13. The van der Waals surface area contributed by atoms with Crippen LogP contribution in [0.4, 0.5) is 0 Å². The van der Waals surface area contributed by atoms with Crippen LogP contribution in [0.1, 0.15) is 23.7 Å². The molecule has 1 rings (SSSR count). The highest BCUT2D eigenvalue weighted by Gasteiger charge is 2.20. The summed E-state index contributed by atoms with van der Waals surface area (Å²) < 4.78 is 0. The van der Waals surface area contributed by atoms with E-state index in [1.165, 1.54) is 18.5 Å². The number of rotatable bonds is 5. The minimum Gasteiger partial charge on any atom is -0.480 e. The van der Waals surface area contributed by atoms with E-state index < -0.39 is 17.9 Å². The number of hydrogen-bond donors (Lipinski definition) is 2. The molecule has 1 unspecified atom stereocenters. The Morgan fingerprint density at radius 2 is 2.33 bits per heavy atom. The topological polar surface area (TPSA) is 79.3 Å². The van der Waals surface area contributed by atoms with Gasteiger partial charge in [0.05, 0.1) is 10.6 Å². The predicted molar refractivity (Wildman–Crippen MR) is 67.6 cm³/mol. The number of allylic oxidation sites excluding steroid dienone is 1. The van der Waals surface area contributed by atoms with Crippen molar-refractivity contribution in [1.82, 2.24) is 10.3 Å². The molecule has 1 amide bonds. The molecule has 0 bridgehead atoms. The van der Waals surface area contributed by atoms with Gasteiger partial charge in [0.2, 0.25) is 0 Å². The van der Waals surface area contributed by atoms with Gasteiger partial charge in [-0.2, -0.15) is 0 Å². The average Bonchev–Trinajstić information content (AvgIpc) is 2.34. The summed E-state index contributed by atoms with van der Waals surface area (Å²) in [6, 6.07) is 0.463. The number of carbonyl (C=O) groups excluding carboxylic acids is 1. The summed E-state index contributed by atoms with van der Waals surface area (Å²) in [6.07, 6.45) is 6.37. The van der Waals surface area contributed by atoms with Crippen LogP contribution >= 0.6 is 11.6 Å². The fraction of sp³-hybridized carbons (Fsp3) is 0.250. The molecule has 0 aliphatic rings. The Morgan fingerprint density at radius 3 is 2.89 bits per heavy atom. The van der Waals surface area contributed by atoms with Crippen LogP contribution in [0.15, 0.2) is 30.6 Å². The second kappa shape index (κ2) is 6.76. The third kappa shape index (κ3) is 3.85. The van der Waals surface area contributed by atoms with Crippen molar-refractivity contribution in [3.63, 3.8) is 0 Å².